The molecule has 0 saturated carbocycles. The number of hydrogen-bond donors (Lipinski definition) is 2. The lowest BCUT2D eigenvalue weighted by molar-refractivity contribution is 0.0139. The van der Waals surface area contributed by atoms with E-state index in [9.17, 15) is 10.1 Å². The van der Waals surface area contributed by atoms with Gasteiger partial charge in [-0.1, -0.05) is 18.2 Å². The summed E-state index contributed by atoms with van der Waals surface area (Å²) in [5.41, 5.74) is 13.5. The molecule has 1 aliphatic heterocycles. The van der Waals surface area contributed by atoms with Gasteiger partial charge in [-0.15, -0.1) is 0 Å². The Bertz CT molecular complexity index is 970. The van der Waals surface area contributed by atoms with Crippen molar-refractivity contribution in [1.29, 1.82) is 5.26 Å². The molecule has 4 N–H and O–H groups in total. The van der Waals surface area contributed by atoms with Gasteiger partial charge in [0.25, 0.3) is 0 Å². The number of hydrogen-bond acceptors (Lipinski definition) is 8. The molecule has 9 heteroatoms. The first-order valence-corrected chi connectivity index (χ1v) is 9.79. The Labute approximate surface area is 176 Å². The summed E-state index contributed by atoms with van der Waals surface area (Å²) in [6.45, 7) is 9.05. The molecule has 0 unspecified atom stereocenters. The summed E-state index contributed by atoms with van der Waals surface area (Å²) in [6.07, 6.45) is -0.271. The summed E-state index contributed by atoms with van der Waals surface area (Å²) in [6, 6.07) is 9.83. The largest absolute Gasteiger partial charge is 0.444 e. The number of amides is 1. The molecule has 3 rings (SSSR count). The lowest BCUT2D eigenvalue weighted by Gasteiger charge is -2.35. The first-order chi connectivity index (χ1) is 14.2. The maximum absolute atomic E-state index is 12.2. The first kappa shape index (κ1) is 21.3. The number of ether oxygens (including phenoxy) is 1. The SMILES string of the molecule is CC(C)(C)OC(=O)N1CCN(Cc2cccc(-c3nc(N)nc(N)c3C#N)c2)CC1. The highest BCUT2D eigenvalue weighted by atomic mass is 16.6. The van der Waals surface area contributed by atoms with Crippen LogP contribution in [0, 0.1) is 11.3 Å². The summed E-state index contributed by atoms with van der Waals surface area (Å²) in [5, 5.41) is 9.42. The van der Waals surface area contributed by atoms with E-state index in [2.05, 4.69) is 20.9 Å². The molecule has 0 aliphatic carbocycles. The fourth-order valence-corrected chi connectivity index (χ4v) is 3.31. The van der Waals surface area contributed by atoms with E-state index < -0.39 is 5.60 Å². The van der Waals surface area contributed by atoms with E-state index in [1.807, 2.05) is 45.0 Å². The zero-order chi connectivity index (χ0) is 21.9. The van der Waals surface area contributed by atoms with Gasteiger partial charge < -0.3 is 21.1 Å². The molecule has 1 fully saturated rings. The van der Waals surface area contributed by atoms with E-state index in [1.54, 1.807) is 4.90 Å². The first-order valence-electron chi connectivity index (χ1n) is 9.79. The van der Waals surface area contributed by atoms with Crippen LogP contribution in [-0.2, 0) is 11.3 Å². The number of anilines is 2. The molecular formula is C21H27N7O2. The van der Waals surface area contributed by atoms with Crippen molar-refractivity contribution in [3.05, 3.63) is 35.4 Å². The third-order valence-electron chi connectivity index (χ3n) is 4.70. The molecule has 9 nitrogen and oxygen atoms in total. The third kappa shape index (κ3) is 5.15. The second-order valence-corrected chi connectivity index (χ2v) is 8.25. The Morgan fingerprint density at radius 2 is 1.90 bits per heavy atom. The summed E-state index contributed by atoms with van der Waals surface area (Å²) in [5.74, 6) is 0.105. The number of carbonyl (C=O) groups is 1. The van der Waals surface area contributed by atoms with E-state index in [0.29, 0.717) is 25.3 Å². The topological polar surface area (TPSA) is 134 Å². The minimum Gasteiger partial charge on any atom is -0.444 e. The van der Waals surface area contributed by atoms with Crippen molar-refractivity contribution >= 4 is 17.9 Å². The zero-order valence-corrected chi connectivity index (χ0v) is 17.6. The highest BCUT2D eigenvalue weighted by Gasteiger charge is 2.26. The number of nitrogens with zero attached hydrogens (tertiary/aromatic N) is 5. The van der Waals surface area contributed by atoms with Crippen molar-refractivity contribution in [2.24, 2.45) is 0 Å². The number of nitriles is 1. The van der Waals surface area contributed by atoms with Gasteiger partial charge in [0.05, 0.1) is 5.69 Å². The number of piperazine rings is 1. The van der Waals surface area contributed by atoms with Crippen molar-refractivity contribution in [1.82, 2.24) is 19.8 Å². The highest BCUT2D eigenvalue weighted by molar-refractivity contribution is 5.73. The van der Waals surface area contributed by atoms with Crippen LogP contribution in [0.4, 0.5) is 16.6 Å². The van der Waals surface area contributed by atoms with Crippen molar-refractivity contribution in [2.45, 2.75) is 32.9 Å². The smallest absolute Gasteiger partial charge is 0.410 e. The molecule has 2 heterocycles. The van der Waals surface area contributed by atoms with Gasteiger partial charge in [-0.2, -0.15) is 10.2 Å². The molecular weight excluding hydrogens is 382 g/mol. The molecule has 1 amide bonds. The molecule has 2 aromatic rings. The summed E-state index contributed by atoms with van der Waals surface area (Å²) < 4.78 is 5.45. The number of nitrogen functional groups attached to an aromatic ring is 2. The third-order valence-corrected chi connectivity index (χ3v) is 4.70. The maximum atomic E-state index is 12.2. The molecule has 0 spiro atoms. The second-order valence-electron chi connectivity index (χ2n) is 8.25. The molecule has 30 heavy (non-hydrogen) atoms. The van der Waals surface area contributed by atoms with Crippen LogP contribution in [0.3, 0.4) is 0 Å². The minimum atomic E-state index is -0.495. The monoisotopic (exact) mass is 409 g/mol. The quantitative estimate of drug-likeness (QED) is 0.788. The molecule has 0 radical (unpaired) electrons. The molecule has 0 bridgehead atoms. The van der Waals surface area contributed by atoms with E-state index >= 15 is 0 Å². The average molecular weight is 409 g/mol. The maximum Gasteiger partial charge on any atom is 0.410 e. The Kier molecular flexibility index (Phi) is 6.08. The summed E-state index contributed by atoms with van der Waals surface area (Å²) in [7, 11) is 0. The van der Waals surface area contributed by atoms with Crippen LogP contribution in [0.15, 0.2) is 24.3 Å². The Morgan fingerprint density at radius 3 is 2.53 bits per heavy atom. The number of aromatic nitrogens is 2. The molecule has 0 atom stereocenters. The fraction of sp³-hybridized carbons (Fsp3) is 0.429. The van der Waals surface area contributed by atoms with Gasteiger partial charge in [-0.25, -0.2) is 9.78 Å². The van der Waals surface area contributed by atoms with E-state index in [1.165, 1.54) is 0 Å². The van der Waals surface area contributed by atoms with Crippen LogP contribution in [0.25, 0.3) is 11.3 Å². The van der Waals surface area contributed by atoms with Crippen molar-refractivity contribution in [3.63, 3.8) is 0 Å². The van der Waals surface area contributed by atoms with Crippen molar-refractivity contribution < 1.29 is 9.53 Å². The van der Waals surface area contributed by atoms with Crippen LogP contribution in [0.5, 0.6) is 0 Å². The Balaban J connectivity index is 1.68. The predicted octanol–water partition coefficient (Wildman–Crippen LogP) is 2.23. The summed E-state index contributed by atoms with van der Waals surface area (Å²) >= 11 is 0. The number of carbonyl (C=O) groups excluding carboxylic acids is 1. The Hall–Kier alpha value is -3.38. The van der Waals surface area contributed by atoms with Crippen LogP contribution in [0.1, 0.15) is 31.9 Å². The lowest BCUT2D eigenvalue weighted by Crippen LogP contribution is -2.49. The zero-order valence-electron chi connectivity index (χ0n) is 17.6. The highest BCUT2D eigenvalue weighted by Crippen LogP contribution is 2.26. The minimum absolute atomic E-state index is 0.0326. The average Bonchev–Trinajstić information content (AvgIpc) is 2.67. The van der Waals surface area contributed by atoms with Gasteiger partial charge >= 0.3 is 6.09 Å². The normalized spacial score (nSPS) is 14.9. The van der Waals surface area contributed by atoms with Crippen LogP contribution in [0.2, 0.25) is 0 Å². The van der Waals surface area contributed by atoms with E-state index in [4.69, 9.17) is 16.2 Å². The van der Waals surface area contributed by atoms with Gasteiger partial charge in [0.1, 0.15) is 23.1 Å². The fourth-order valence-electron chi connectivity index (χ4n) is 3.31. The number of rotatable bonds is 3. The molecule has 1 aliphatic rings. The van der Waals surface area contributed by atoms with Gasteiger partial charge in [-0.05, 0) is 32.4 Å². The Morgan fingerprint density at radius 1 is 1.20 bits per heavy atom. The van der Waals surface area contributed by atoms with Gasteiger partial charge in [0, 0.05) is 38.3 Å². The predicted molar refractivity (Wildman–Crippen MR) is 114 cm³/mol. The van der Waals surface area contributed by atoms with Gasteiger partial charge in [0.15, 0.2) is 0 Å². The number of nitrogens with two attached hydrogens (primary N) is 2. The molecule has 1 aromatic carbocycles. The molecule has 1 saturated heterocycles. The number of benzene rings is 1. The van der Waals surface area contributed by atoms with Crippen LogP contribution >= 0.6 is 0 Å². The lowest BCUT2D eigenvalue weighted by atomic mass is 10.0. The second kappa shape index (κ2) is 8.55. The van der Waals surface area contributed by atoms with E-state index in [0.717, 1.165) is 24.2 Å². The van der Waals surface area contributed by atoms with Crippen LogP contribution in [-0.4, -0.2) is 57.6 Å². The van der Waals surface area contributed by atoms with Crippen molar-refractivity contribution in [3.8, 4) is 17.3 Å². The van der Waals surface area contributed by atoms with Gasteiger partial charge in [0.2, 0.25) is 5.95 Å². The molecule has 158 valence electrons. The van der Waals surface area contributed by atoms with E-state index in [-0.39, 0.29) is 23.4 Å². The standard InChI is InChI=1S/C21H27N7O2/c1-21(2,3)30-20(29)28-9-7-27(8-10-28)13-14-5-4-6-15(11-14)17-16(12-22)18(23)26-19(24)25-17/h4-6,11H,7-10,13H2,1-3H3,(H4,23,24,25,26). The van der Waals surface area contributed by atoms with Crippen molar-refractivity contribution in [2.75, 3.05) is 37.6 Å². The summed E-state index contributed by atoms with van der Waals surface area (Å²) in [4.78, 5) is 24.3. The van der Waals surface area contributed by atoms with Crippen LogP contribution < -0.4 is 11.5 Å². The van der Waals surface area contributed by atoms with Gasteiger partial charge in [-0.3, -0.25) is 4.90 Å². The molecule has 1 aromatic heterocycles.